The lowest BCUT2D eigenvalue weighted by atomic mass is 10.2. The summed E-state index contributed by atoms with van der Waals surface area (Å²) in [7, 11) is 0. The molecule has 2 aromatic heterocycles. The van der Waals surface area contributed by atoms with Crippen LogP contribution in [0.5, 0.6) is 17.6 Å². The minimum absolute atomic E-state index is 0.0355. The molecule has 0 bridgehead atoms. The molecule has 0 atom stereocenters. The summed E-state index contributed by atoms with van der Waals surface area (Å²) < 4.78 is 84.8. The lowest BCUT2D eigenvalue weighted by Gasteiger charge is -2.10. The van der Waals surface area contributed by atoms with Gasteiger partial charge in [-0.05, 0) is 42.5 Å². The number of nitrogens with zero attached hydrogens (tertiary/aromatic N) is 4. The first-order valence-corrected chi connectivity index (χ1v) is 9.50. The molecule has 15 heteroatoms. The first-order valence-electron chi connectivity index (χ1n) is 9.50. The van der Waals surface area contributed by atoms with Crippen molar-refractivity contribution in [3.63, 3.8) is 0 Å². The van der Waals surface area contributed by atoms with Crippen LogP contribution in [0.1, 0.15) is 5.56 Å². The predicted octanol–water partition coefficient (Wildman–Crippen LogP) is 5.30. The number of aromatic nitrogens is 5. The van der Waals surface area contributed by atoms with Crippen LogP contribution in [0.3, 0.4) is 0 Å². The van der Waals surface area contributed by atoms with E-state index in [1.165, 1.54) is 24.3 Å². The third kappa shape index (κ3) is 6.27. The lowest BCUT2D eigenvalue weighted by molar-refractivity contribution is -0.277. The summed E-state index contributed by atoms with van der Waals surface area (Å²) in [5.74, 6) is -0.0526. The Balaban J connectivity index is 1.45. The fraction of sp³-hybridized carbons (Fsp3) is 0.100. The minimum Gasteiger partial charge on any atom is -0.439 e. The van der Waals surface area contributed by atoms with Crippen molar-refractivity contribution in [3.8, 4) is 29.0 Å². The van der Waals surface area contributed by atoms with E-state index < -0.39 is 24.1 Å². The summed E-state index contributed by atoms with van der Waals surface area (Å²) in [4.78, 5) is 11.0. The van der Waals surface area contributed by atoms with Gasteiger partial charge >= 0.3 is 18.5 Å². The number of nitrogen functional groups attached to an aromatic ring is 1. The van der Waals surface area contributed by atoms with E-state index in [2.05, 4.69) is 35.2 Å². The molecular formula is C20H13F6N7O2. The predicted molar refractivity (Wildman–Crippen MR) is 110 cm³/mol. The molecule has 0 unspecified atom stereocenters. The van der Waals surface area contributed by atoms with Crippen LogP contribution < -0.4 is 20.5 Å². The zero-order chi connectivity index (χ0) is 25.2. The molecule has 4 aromatic rings. The van der Waals surface area contributed by atoms with Crippen molar-refractivity contribution in [1.29, 1.82) is 0 Å². The van der Waals surface area contributed by atoms with Crippen LogP contribution in [-0.2, 0) is 6.18 Å². The third-order valence-corrected chi connectivity index (χ3v) is 4.19. The number of hydrogen-bond donors (Lipinski definition) is 3. The highest BCUT2D eigenvalue weighted by Crippen LogP contribution is 2.31. The molecule has 0 aliphatic rings. The van der Waals surface area contributed by atoms with Gasteiger partial charge in [-0.15, -0.1) is 18.3 Å². The van der Waals surface area contributed by atoms with Gasteiger partial charge < -0.3 is 20.5 Å². The second-order valence-corrected chi connectivity index (χ2v) is 6.80. The number of aromatic amines is 1. The van der Waals surface area contributed by atoms with E-state index in [0.717, 1.165) is 18.2 Å². The Morgan fingerprint density at radius 2 is 1.63 bits per heavy atom. The van der Waals surface area contributed by atoms with Gasteiger partial charge in [0.05, 0.1) is 5.56 Å². The van der Waals surface area contributed by atoms with Crippen molar-refractivity contribution in [2.75, 3.05) is 11.1 Å². The second-order valence-electron chi connectivity index (χ2n) is 6.80. The average molecular weight is 497 g/mol. The molecule has 182 valence electrons. The van der Waals surface area contributed by atoms with E-state index in [-0.39, 0.29) is 34.9 Å². The van der Waals surface area contributed by atoms with Gasteiger partial charge in [-0.3, -0.25) is 5.10 Å². The van der Waals surface area contributed by atoms with Crippen molar-refractivity contribution < 1.29 is 35.8 Å². The van der Waals surface area contributed by atoms with Gasteiger partial charge in [0, 0.05) is 17.3 Å². The fourth-order valence-electron chi connectivity index (χ4n) is 2.77. The summed E-state index contributed by atoms with van der Waals surface area (Å²) in [6.07, 6.45) is -9.49. The molecule has 0 aliphatic carbocycles. The lowest BCUT2D eigenvalue weighted by Crippen LogP contribution is -2.19. The van der Waals surface area contributed by atoms with Gasteiger partial charge in [-0.2, -0.15) is 28.1 Å². The van der Waals surface area contributed by atoms with Crippen LogP contribution in [0.2, 0.25) is 0 Å². The number of hydrogen-bond acceptors (Lipinski definition) is 8. The smallest absolute Gasteiger partial charge is 0.439 e. The maximum Gasteiger partial charge on any atom is 0.575 e. The summed E-state index contributed by atoms with van der Waals surface area (Å²) >= 11 is 0. The number of anilines is 3. The molecule has 0 fully saturated rings. The van der Waals surface area contributed by atoms with Gasteiger partial charge in [0.1, 0.15) is 11.6 Å². The first-order chi connectivity index (χ1) is 16.4. The molecule has 35 heavy (non-hydrogen) atoms. The normalized spacial score (nSPS) is 11.8. The quantitative estimate of drug-likeness (QED) is 0.307. The molecule has 0 amide bonds. The summed E-state index contributed by atoms with van der Waals surface area (Å²) in [5.41, 5.74) is 5.31. The molecular weight excluding hydrogens is 484 g/mol. The molecule has 2 heterocycles. The van der Waals surface area contributed by atoms with Crippen LogP contribution in [0.4, 0.5) is 43.8 Å². The monoisotopic (exact) mass is 497 g/mol. The summed E-state index contributed by atoms with van der Waals surface area (Å²) in [6.45, 7) is 0. The topological polar surface area (TPSA) is 124 Å². The van der Waals surface area contributed by atoms with Crippen molar-refractivity contribution in [3.05, 3.63) is 60.2 Å². The number of halogens is 6. The maximum atomic E-state index is 12.9. The standard InChI is InChI=1S/C20H13F6N7O2/c21-19(22,23)11-2-1-3-12(8-11)28-17-31-16(32-33-17)10-4-6-13(7-5-10)34-15-9-14(27)29-18(30-15)35-20(24,25)26/h1-9H,(H2,27,29,30)(H2,28,31,32,33). The molecule has 2 aromatic carbocycles. The number of benzene rings is 2. The van der Waals surface area contributed by atoms with Crippen LogP contribution in [0.15, 0.2) is 54.6 Å². The van der Waals surface area contributed by atoms with E-state index in [1.54, 1.807) is 12.1 Å². The van der Waals surface area contributed by atoms with Gasteiger partial charge in [0.25, 0.3) is 0 Å². The molecule has 0 saturated heterocycles. The fourth-order valence-corrected chi connectivity index (χ4v) is 2.77. The van der Waals surface area contributed by atoms with Crippen molar-refractivity contribution >= 4 is 17.5 Å². The Kier molecular flexibility index (Phi) is 6.07. The number of alkyl halides is 6. The molecule has 4 rings (SSSR count). The number of nitrogens with two attached hydrogens (primary N) is 1. The average Bonchev–Trinajstić information content (AvgIpc) is 3.20. The molecule has 0 aliphatic heterocycles. The van der Waals surface area contributed by atoms with Crippen LogP contribution in [0, 0.1) is 0 Å². The molecule has 9 nitrogen and oxygen atoms in total. The zero-order valence-corrected chi connectivity index (χ0v) is 17.1. The number of nitrogens with one attached hydrogen (secondary N) is 2. The number of H-pyrrole nitrogens is 1. The molecule has 0 saturated carbocycles. The van der Waals surface area contributed by atoms with E-state index >= 15 is 0 Å². The Labute approximate surface area is 191 Å². The highest BCUT2D eigenvalue weighted by molar-refractivity contribution is 5.60. The Morgan fingerprint density at radius 3 is 2.31 bits per heavy atom. The van der Waals surface area contributed by atoms with Crippen molar-refractivity contribution in [2.45, 2.75) is 12.5 Å². The first kappa shape index (κ1) is 23.6. The number of rotatable bonds is 6. The molecule has 0 radical (unpaired) electrons. The third-order valence-electron chi connectivity index (χ3n) is 4.19. The molecule has 4 N–H and O–H groups in total. The van der Waals surface area contributed by atoms with E-state index in [9.17, 15) is 26.3 Å². The van der Waals surface area contributed by atoms with Crippen molar-refractivity contribution in [1.82, 2.24) is 25.1 Å². The van der Waals surface area contributed by atoms with Gasteiger partial charge in [-0.25, -0.2) is 0 Å². The second kappa shape index (κ2) is 9.00. The highest BCUT2D eigenvalue weighted by atomic mass is 19.4. The Morgan fingerprint density at radius 1 is 0.886 bits per heavy atom. The van der Waals surface area contributed by atoms with Gasteiger partial charge in [-0.1, -0.05) is 6.07 Å². The Bertz CT molecular complexity index is 1320. The zero-order valence-electron chi connectivity index (χ0n) is 17.1. The summed E-state index contributed by atoms with van der Waals surface area (Å²) in [6, 6.07) is 10.7. The van der Waals surface area contributed by atoms with E-state index in [4.69, 9.17) is 10.5 Å². The van der Waals surface area contributed by atoms with E-state index in [0.29, 0.717) is 5.56 Å². The Hall–Kier alpha value is -4.56. The van der Waals surface area contributed by atoms with Gasteiger partial charge in [0.2, 0.25) is 11.8 Å². The van der Waals surface area contributed by atoms with Crippen LogP contribution in [0.25, 0.3) is 11.4 Å². The minimum atomic E-state index is -5.00. The SMILES string of the molecule is Nc1cc(Oc2ccc(-c3nc(Nc4cccc(C(F)(F)F)c4)n[nH]3)cc2)nc(OC(F)(F)F)n1. The van der Waals surface area contributed by atoms with E-state index in [1.807, 2.05) is 0 Å². The van der Waals surface area contributed by atoms with Gasteiger partial charge in [0.15, 0.2) is 5.82 Å². The summed E-state index contributed by atoms with van der Waals surface area (Å²) in [5, 5.41) is 9.25. The van der Waals surface area contributed by atoms with Crippen molar-refractivity contribution in [2.24, 2.45) is 0 Å². The largest absolute Gasteiger partial charge is 0.575 e. The number of ether oxygens (including phenoxy) is 2. The molecule has 0 spiro atoms. The van der Waals surface area contributed by atoms with Crippen LogP contribution >= 0.6 is 0 Å². The highest BCUT2D eigenvalue weighted by Gasteiger charge is 2.33. The maximum absolute atomic E-state index is 12.9. The van der Waals surface area contributed by atoms with Crippen LogP contribution in [-0.4, -0.2) is 31.5 Å².